The second-order valence-electron chi connectivity index (χ2n) is 11.0. The average molecular weight is 705 g/mol. The van der Waals surface area contributed by atoms with Crippen molar-refractivity contribution in [2.24, 2.45) is 10.1 Å². The van der Waals surface area contributed by atoms with E-state index in [4.69, 9.17) is 25.1 Å². The molecule has 0 unspecified atom stereocenters. The van der Waals surface area contributed by atoms with E-state index in [0.717, 1.165) is 21.7 Å². The fraction of sp³-hybridized carbons (Fsp3) is 0.257. The van der Waals surface area contributed by atoms with E-state index in [1.54, 1.807) is 24.3 Å². The second kappa shape index (κ2) is 15.7. The van der Waals surface area contributed by atoms with Crippen LogP contribution in [0.5, 0.6) is 5.75 Å². The Morgan fingerprint density at radius 2 is 1.74 bits per heavy atom. The van der Waals surface area contributed by atoms with E-state index in [9.17, 15) is 13.6 Å². The summed E-state index contributed by atoms with van der Waals surface area (Å²) in [5, 5.41) is 15.8. The van der Waals surface area contributed by atoms with Gasteiger partial charge in [0.2, 0.25) is 5.90 Å². The van der Waals surface area contributed by atoms with E-state index < -0.39 is 29.2 Å². The topological polar surface area (TPSA) is 129 Å². The van der Waals surface area contributed by atoms with Crippen molar-refractivity contribution in [1.82, 2.24) is 5.32 Å². The molecule has 0 spiro atoms. The lowest BCUT2D eigenvalue weighted by atomic mass is 9.81. The molecule has 0 fully saturated rings. The fourth-order valence-corrected chi connectivity index (χ4v) is 5.70. The third-order valence-corrected chi connectivity index (χ3v) is 8.24. The van der Waals surface area contributed by atoms with Gasteiger partial charge < -0.3 is 19.9 Å². The van der Waals surface area contributed by atoms with E-state index in [1.807, 2.05) is 48.5 Å². The minimum Gasteiger partial charge on any atom is -0.494 e. The Hall–Kier alpha value is -4.77. The monoisotopic (exact) mass is 703 g/mol. The number of nitrogens with zero attached hydrogens (tertiary/aromatic N) is 4. The van der Waals surface area contributed by atoms with Crippen LogP contribution < -0.4 is 10.1 Å². The molecule has 1 aliphatic rings. The summed E-state index contributed by atoms with van der Waals surface area (Å²) in [6.07, 6.45) is -0.0938. The van der Waals surface area contributed by atoms with E-state index in [2.05, 4.69) is 31.3 Å². The van der Waals surface area contributed by atoms with Gasteiger partial charge in [-0.2, -0.15) is 0 Å². The van der Waals surface area contributed by atoms with Crippen molar-refractivity contribution in [1.29, 1.82) is 0 Å². The van der Waals surface area contributed by atoms with E-state index >= 15 is 0 Å². The number of azide groups is 1. The maximum absolute atomic E-state index is 14.5. The first-order valence-electron chi connectivity index (χ1n) is 15.0. The predicted octanol–water partition coefficient (Wildman–Crippen LogP) is 7.16. The van der Waals surface area contributed by atoms with Gasteiger partial charge in [-0.25, -0.2) is 13.8 Å². The molecule has 9 nitrogen and oxygen atoms in total. The number of halogens is 3. The molecule has 2 atom stereocenters. The van der Waals surface area contributed by atoms with Gasteiger partial charge in [-0.3, -0.25) is 4.79 Å². The number of aliphatic imine (C=N–C) groups is 1. The lowest BCUT2D eigenvalue weighted by Crippen LogP contribution is -2.50. The van der Waals surface area contributed by atoms with Gasteiger partial charge >= 0.3 is 0 Å². The van der Waals surface area contributed by atoms with Crippen LogP contribution in [-0.2, 0) is 28.9 Å². The Labute approximate surface area is 279 Å². The largest absolute Gasteiger partial charge is 0.494 e. The van der Waals surface area contributed by atoms with Gasteiger partial charge in [-0.1, -0.05) is 57.4 Å². The molecule has 1 aliphatic heterocycles. The Morgan fingerprint density at radius 3 is 2.43 bits per heavy atom. The summed E-state index contributed by atoms with van der Waals surface area (Å²) < 4.78 is 40.8. The molecular formula is C35H32BrF2N5O4. The van der Waals surface area contributed by atoms with Gasteiger partial charge in [0.05, 0.1) is 13.2 Å². The van der Waals surface area contributed by atoms with Crippen LogP contribution in [0.15, 0.2) is 106 Å². The number of hydrogen-bond donors (Lipinski definition) is 2. The first kappa shape index (κ1) is 33.6. The van der Waals surface area contributed by atoms with Crippen molar-refractivity contribution in [3.63, 3.8) is 0 Å². The number of ether oxygens (including phenoxy) is 2. The highest BCUT2D eigenvalue weighted by atomic mass is 79.9. The fourth-order valence-electron chi connectivity index (χ4n) is 5.43. The zero-order valence-corrected chi connectivity index (χ0v) is 26.9. The maximum atomic E-state index is 14.5. The molecule has 4 aromatic carbocycles. The van der Waals surface area contributed by atoms with Crippen molar-refractivity contribution < 1.29 is 28.2 Å². The Bertz CT molecular complexity index is 1760. The molecule has 0 aromatic heterocycles. The van der Waals surface area contributed by atoms with Gasteiger partial charge in [0.25, 0.3) is 5.91 Å². The molecule has 12 heteroatoms. The Kier molecular flexibility index (Phi) is 11.2. The molecule has 1 amide bonds. The van der Waals surface area contributed by atoms with Crippen LogP contribution in [0.3, 0.4) is 0 Å². The van der Waals surface area contributed by atoms with Gasteiger partial charge in [-0.15, -0.1) is 0 Å². The minimum atomic E-state index is -1.53. The highest BCUT2D eigenvalue weighted by molar-refractivity contribution is 9.10. The van der Waals surface area contributed by atoms with Gasteiger partial charge in [-0.05, 0) is 82.7 Å². The molecule has 0 saturated heterocycles. The normalized spacial score (nSPS) is 16.9. The van der Waals surface area contributed by atoms with Crippen LogP contribution in [0.4, 0.5) is 8.78 Å². The summed E-state index contributed by atoms with van der Waals surface area (Å²) >= 11 is 3.48. The number of nitrogens with one attached hydrogen (secondary N) is 1. The zero-order chi connectivity index (χ0) is 33.2. The van der Waals surface area contributed by atoms with Crippen LogP contribution in [-0.4, -0.2) is 42.2 Å². The quantitative estimate of drug-likeness (QED) is 0.0625. The third-order valence-electron chi connectivity index (χ3n) is 7.71. The molecule has 1 heterocycles. The van der Waals surface area contributed by atoms with Crippen molar-refractivity contribution in [3.8, 4) is 5.75 Å². The summed E-state index contributed by atoms with van der Waals surface area (Å²) in [7, 11) is 0. The number of rotatable bonds is 14. The standard InChI is InChI=1S/C35H32BrF2N5O4/c36-28-10-6-24(7-11-28)32-35(21-26-4-1-2-5-27(26)22-41-43-39,34(45)40-15-14-23-18-29(37)20-30(38)19-23)42-33(47-32)25-8-12-31(13-9-25)46-17-3-16-44/h1-2,4-13,18-20,32,44H,3,14-17,21-22H2,(H,40,45)/t32-,35-/m1/s1. The average Bonchev–Trinajstić information content (AvgIpc) is 3.45. The van der Waals surface area contributed by atoms with Gasteiger partial charge in [0.1, 0.15) is 17.4 Å². The van der Waals surface area contributed by atoms with Crippen LogP contribution in [0, 0.1) is 11.6 Å². The summed E-state index contributed by atoms with van der Waals surface area (Å²) in [5.74, 6) is -0.986. The summed E-state index contributed by atoms with van der Waals surface area (Å²) in [6.45, 7) is 0.546. The number of carbonyl (C=O) groups excluding carboxylic acids is 1. The van der Waals surface area contributed by atoms with Crippen molar-refractivity contribution >= 4 is 27.7 Å². The van der Waals surface area contributed by atoms with Crippen molar-refractivity contribution in [3.05, 3.63) is 145 Å². The number of benzene rings is 4. The molecule has 0 saturated carbocycles. The van der Waals surface area contributed by atoms with Crippen LogP contribution >= 0.6 is 15.9 Å². The van der Waals surface area contributed by atoms with Crippen LogP contribution in [0.2, 0.25) is 0 Å². The van der Waals surface area contributed by atoms with Gasteiger partial charge in [0, 0.05) is 47.0 Å². The SMILES string of the molecule is [N-]=[N+]=NCc1ccccc1C[C@@]1(C(=O)NCCc2cc(F)cc(F)c2)N=C(c2ccc(OCCCO)cc2)O[C@@H]1c1ccc(Br)cc1. The first-order valence-corrected chi connectivity index (χ1v) is 15.8. The lowest BCUT2D eigenvalue weighted by Gasteiger charge is -2.31. The molecule has 0 radical (unpaired) electrons. The minimum absolute atomic E-state index is 0.0233. The molecule has 2 N–H and O–H groups in total. The number of aliphatic hydroxyl groups is 1. The summed E-state index contributed by atoms with van der Waals surface area (Å²) in [6, 6.07) is 25.1. The smallest absolute Gasteiger partial charge is 0.252 e. The number of carbonyl (C=O) groups is 1. The van der Waals surface area contributed by atoms with Crippen molar-refractivity contribution in [2.45, 2.75) is 37.5 Å². The molecule has 0 aliphatic carbocycles. The molecule has 5 rings (SSSR count). The zero-order valence-electron chi connectivity index (χ0n) is 25.3. The first-order chi connectivity index (χ1) is 22.8. The molecule has 242 valence electrons. The Morgan fingerprint density at radius 1 is 1.04 bits per heavy atom. The second-order valence-corrected chi connectivity index (χ2v) is 11.9. The van der Waals surface area contributed by atoms with Crippen molar-refractivity contribution in [2.75, 3.05) is 19.8 Å². The molecule has 47 heavy (non-hydrogen) atoms. The summed E-state index contributed by atoms with van der Waals surface area (Å²) in [4.78, 5) is 22.4. The molecule has 0 bridgehead atoms. The lowest BCUT2D eigenvalue weighted by molar-refractivity contribution is -0.128. The number of hydrogen-bond acceptors (Lipinski definition) is 6. The predicted molar refractivity (Wildman–Crippen MR) is 177 cm³/mol. The van der Waals surface area contributed by atoms with E-state index in [1.165, 1.54) is 12.1 Å². The number of amides is 1. The van der Waals surface area contributed by atoms with Crippen LogP contribution in [0.25, 0.3) is 10.4 Å². The third kappa shape index (κ3) is 8.34. The van der Waals surface area contributed by atoms with E-state index in [-0.39, 0.29) is 38.4 Å². The highest BCUT2D eigenvalue weighted by Crippen LogP contribution is 2.43. The highest BCUT2D eigenvalue weighted by Gasteiger charge is 2.53. The molecular weight excluding hydrogens is 672 g/mol. The maximum Gasteiger partial charge on any atom is 0.252 e. The molecule has 4 aromatic rings. The number of aliphatic hydroxyl groups excluding tert-OH is 1. The summed E-state index contributed by atoms with van der Waals surface area (Å²) in [5.41, 5.74) is 10.7. The Balaban J connectivity index is 1.55. The van der Waals surface area contributed by atoms with Crippen LogP contribution in [0.1, 0.15) is 40.3 Å². The van der Waals surface area contributed by atoms with E-state index in [0.29, 0.717) is 35.5 Å². The van der Waals surface area contributed by atoms with Gasteiger partial charge in [0.15, 0.2) is 11.6 Å².